The Morgan fingerprint density at radius 3 is 2.09 bits per heavy atom. The van der Waals surface area contributed by atoms with Crippen LogP contribution in [0.25, 0.3) is 0 Å². The number of alkyl halides is 3. The van der Waals surface area contributed by atoms with Gasteiger partial charge in [0.1, 0.15) is 11.4 Å². The third kappa shape index (κ3) is 7.56. The van der Waals surface area contributed by atoms with Gasteiger partial charge in [-0.25, -0.2) is 9.18 Å². The first-order chi connectivity index (χ1) is 14.7. The highest BCUT2D eigenvalue weighted by Crippen LogP contribution is 2.24. The highest BCUT2D eigenvalue weighted by molar-refractivity contribution is 6.06. The van der Waals surface area contributed by atoms with Crippen LogP contribution in [0.4, 0.5) is 33.7 Å². The summed E-state index contributed by atoms with van der Waals surface area (Å²) in [6, 6.07) is 8.77. The van der Waals surface area contributed by atoms with Gasteiger partial charge in [0.05, 0.1) is 11.4 Å². The number of carbonyl (C=O) groups is 3. The molecule has 0 aliphatic carbocycles. The van der Waals surface area contributed by atoms with Gasteiger partial charge in [0.15, 0.2) is 0 Å². The van der Waals surface area contributed by atoms with Crippen LogP contribution >= 0.6 is 0 Å². The number of rotatable bonds is 5. The van der Waals surface area contributed by atoms with Gasteiger partial charge in [0, 0.05) is 12.1 Å². The number of hydrogen-bond acceptors (Lipinski definition) is 4. The first-order valence-electron chi connectivity index (χ1n) is 9.29. The van der Waals surface area contributed by atoms with Crippen LogP contribution in [-0.4, -0.2) is 29.7 Å². The van der Waals surface area contributed by atoms with E-state index in [0.29, 0.717) is 5.56 Å². The Kier molecular flexibility index (Phi) is 7.44. The van der Waals surface area contributed by atoms with E-state index in [1.807, 2.05) is 0 Å². The largest absolute Gasteiger partial charge is 0.471 e. The molecule has 11 heteroatoms. The van der Waals surface area contributed by atoms with Gasteiger partial charge in [0.25, 0.3) is 5.91 Å². The highest BCUT2D eigenvalue weighted by Gasteiger charge is 2.38. The zero-order valence-corrected chi connectivity index (χ0v) is 17.4. The molecule has 0 heterocycles. The number of benzene rings is 2. The van der Waals surface area contributed by atoms with Gasteiger partial charge in [-0.2, -0.15) is 13.2 Å². The van der Waals surface area contributed by atoms with Crippen LogP contribution in [0.3, 0.4) is 0 Å². The van der Waals surface area contributed by atoms with Gasteiger partial charge in [-0.15, -0.1) is 0 Å². The van der Waals surface area contributed by atoms with Crippen LogP contribution < -0.4 is 16.0 Å². The molecule has 2 aromatic carbocycles. The molecule has 0 saturated heterocycles. The van der Waals surface area contributed by atoms with E-state index in [0.717, 1.165) is 12.1 Å². The van der Waals surface area contributed by atoms with E-state index < -0.39 is 35.5 Å². The lowest BCUT2D eigenvalue weighted by molar-refractivity contribution is -0.173. The maximum atomic E-state index is 13.6. The minimum atomic E-state index is -4.99. The lowest BCUT2D eigenvalue weighted by Gasteiger charge is -2.20. The molecular weight excluding hydrogens is 434 g/mol. The number of amides is 3. The monoisotopic (exact) mass is 455 g/mol. The number of hydrogen-bond donors (Lipinski definition) is 3. The third-order valence-corrected chi connectivity index (χ3v) is 3.79. The van der Waals surface area contributed by atoms with E-state index in [1.165, 1.54) is 30.3 Å². The Hall–Kier alpha value is -3.63. The van der Waals surface area contributed by atoms with Crippen LogP contribution in [-0.2, 0) is 16.1 Å². The number of anilines is 2. The molecule has 0 fully saturated rings. The Morgan fingerprint density at radius 2 is 1.53 bits per heavy atom. The summed E-state index contributed by atoms with van der Waals surface area (Å²) in [6.45, 7) is 4.58. The van der Waals surface area contributed by atoms with Crippen LogP contribution in [0, 0.1) is 5.82 Å². The fourth-order valence-corrected chi connectivity index (χ4v) is 2.39. The van der Waals surface area contributed by atoms with Gasteiger partial charge < -0.3 is 15.4 Å². The van der Waals surface area contributed by atoms with Crippen molar-refractivity contribution >= 4 is 29.3 Å². The van der Waals surface area contributed by atoms with Gasteiger partial charge in [-0.1, -0.05) is 12.1 Å². The molecule has 3 N–H and O–H groups in total. The fourth-order valence-electron chi connectivity index (χ4n) is 2.39. The summed E-state index contributed by atoms with van der Waals surface area (Å²) in [5, 5.41) is 6.61. The van der Waals surface area contributed by atoms with Crippen molar-refractivity contribution in [2.75, 3.05) is 10.6 Å². The lowest BCUT2D eigenvalue weighted by Crippen LogP contribution is -2.36. The highest BCUT2D eigenvalue weighted by atomic mass is 19.4. The molecule has 2 aromatic rings. The van der Waals surface area contributed by atoms with Crippen molar-refractivity contribution in [2.24, 2.45) is 0 Å². The Balaban J connectivity index is 2.07. The summed E-state index contributed by atoms with van der Waals surface area (Å²) in [7, 11) is 0. The number of carbonyl (C=O) groups excluding carboxylic acids is 3. The number of nitrogens with one attached hydrogen (secondary N) is 3. The summed E-state index contributed by atoms with van der Waals surface area (Å²) in [4.78, 5) is 35.4. The molecule has 0 radical (unpaired) electrons. The van der Waals surface area contributed by atoms with Crippen molar-refractivity contribution in [3.63, 3.8) is 0 Å². The molecule has 0 aliphatic heterocycles. The van der Waals surface area contributed by atoms with Crippen LogP contribution in [0.15, 0.2) is 42.5 Å². The molecule has 2 rings (SSSR count). The summed E-state index contributed by atoms with van der Waals surface area (Å²) in [5.74, 6) is -3.34. The first kappa shape index (κ1) is 24.6. The van der Waals surface area contributed by atoms with Crippen LogP contribution in [0.1, 0.15) is 36.7 Å². The SMILES string of the molecule is CC(C)(C)OC(=O)Nc1cc(F)ccc1NC(=O)c1ccc(CNC(=O)C(F)(F)F)cc1. The average molecular weight is 455 g/mol. The molecule has 3 amide bonds. The van der Waals surface area contributed by atoms with E-state index in [4.69, 9.17) is 4.74 Å². The second kappa shape index (κ2) is 9.67. The molecule has 32 heavy (non-hydrogen) atoms. The van der Waals surface area contributed by atoms with Crippen molar-refractivity contribution in [2.45, 2.75) is 39.1 Å². The second-order valence-corrected chi connectivity index (χ2v) is 7.65. The molecule has 7 nitrogen and oxygen atoms in total. The average Bonchev–Trinajstić information content (AvgIpc) is 2.66. The first-order valence-corrected chi connectivity index (χ1v) is 9.29. The van der Waals surface area contributed by atoms with E-state index in [9.17, 15) is 31.9 Å². The van der Waals surface area contributed by atoms with Crippen molar-refractivity contribution in [1.82, 2.24) is 5.32 Å². The van der Waals surface area contributed by atoms with Crippen molar-refractivity contribution < 1.29 is 36.7 Å². The van der Waals surface area contributed by atoms with Crippen molar-refractivity contribution in [3.8, 4) is 0 Å². The van der Waals surface area contributed by atoms with Gasteiger partial charge in [-0.05, 0) is 56.7 Å². The summed E-state index contributed by atoms with van der Waals surface area (Å²) in [6.07, 6.45) is -5.83. The molecule has 0 unspecified atom stereocenters. The molecule has 0 atom stereocenters. The van der Waals surface area contributed by atoms with E-state index in [1.54, 1.807) is 26.1 Å². The topological polar surface area (TPSA) is 96.5 Å². The molecule has 0 spiro atoms. The zero-order chi connectivity index (χ0) is 24.1. The van der Waals surface area contributed by atoms with Gasteiger partial charge >= 0.3 is 18.2 Å². The normalized spacial score (nSPS) is 11.5. The molecular formula is C21H21F4N3O4. The standard InChI is InChI=1S/C21H21F4N3O4/c1-20(2,3)32-19(31)28-16-10-14(22)8-9-15(16)27-17(29)13-6-4-12(5-7-13)11-26-18(30)21(23,24)25/h4-10H,11H2,1-3H3,(H,26,30)(H,27,29)(H,28,31). The van der Waals surface area contributed by atoms with E-state index in [2.05, 4.69) is 10.6 Å². The molecule has 0 aliphatic rings. The third-order valence-electron chi connectivity index (χ3n) is 3.79. The Morgan fingerprint density at radius 1 is 0.906 bits per heavy atom. The minimum absolute atomic E-state index is 0.0286. The second-order valence-electron chi connectivity index (χ2n) is 7.65. The molecule has 0 aromatic heterocycles. The predicted octanol–water partition coefficient (Wildman–Crippen LogP) is 4.60. The predicted molar refractivity (Wildman–Crippen MR) is 109 cm³/mol. The Bertz CT molecular complexity index is 1000. The van der Waals surface area contributed by atoms with Crippen LogP contribution in [0.5, 0.6) is 0 Å². The maximum absolute atomic E-state index is 13.6. The minimum Gasteiger partial charge on any atom is -0.444 e. The quantitative estimate of drug-likeness (QED) is 0.574. The summed E-state index contributed by atoms with van der Waals surface area (Å²) < 4.78 is 55.4. The zero-order valence-electron chi connectivity index (χ0n) is 17.4. The van der Waals surface area contributed by atoms with Crippen molar-refractivity contribution in [1.29, 1.82) is 0 Å². The lowest BCUT2D eigenvalue weighted by atomic mass is 10.1. The van der Waals surface area contributed by atoms with Gasteiger partial charge in [0.2, 0.25) is 0 Å². The van der Waals surface area contributed by atoms with Crippen molar-refractivity contribution in [3.05, 3.63) is 59.4 Å². The number of ether oxygens (including phenoxy) is 1. The summed E-state index contributed by atoms with van der Waals surface area (Å²) >= 11 is 0. The smallest absolute Gasteiger partial charge is 0.444 e. The number of halogens is 4. The van der Waals surface area contributed by atoms with E-state index >= 15 is 0 Å². The molecule has 0 bridgehead atoms. The Labute approximate surface area is 181 Å². The van der Waals surface area contributed by atoms with Crippen LogP contribution in [0.2, 0.25) is 0 Å². The van der Waals surface area contributed by atoms with Gasteiger partial charge in [-0.3, -0.25) is 14.9 Å². The molecule has 172 valence electrons. The maximum Gasteiger partial charge on any atom is 0.471 e. The van der Waals surface area contributed by atoms with E-state index in [-0.39, 0.29) is 23.5 Å². The molecule has 0 saturated carbocycles. The summed E-state index contributed by atoms with van der Waals surface area (Å²) in [5.41, 5.74) is -0.234. The fraction of sp³-hybridized carbons (Fsp3) is 0.286.